The van der Waals surface area contributed by atoms with Crippen molar-refractivity contribution in [2.24, 2.45) is 11.8 Å². The number of hydrogen-bond acceptors (Lipinski definition) is 3. The first-order valence-electron chi connectivity index (χ1n) is 7.83. The zero-order valence-corrected chi connectivity index (χ0v) is 12.3. The first kappa shape index (κ1) is 14.8. The Hall–Kier alpha value is -0.610. The number of nitrogens with one attached hydrogen (secondary N) is 1. The fourth-order valence-electron chi connectivity index (χ4n) is 3.44. The Morgan fingerprint density at radius 3 is 2.32 bits per heavy atom. The summed E-state index contributed by atoms with van der Waals surface area (Å²) in [6, 6.07) is 0. The van der Waals surface area contributed by atoms with Crippen molar-refractivity contribution in [3.63, 3.8) is 0 Å². The number of carbonyl (C=O) groups is 1. The van der Waals surface area contributed by atoms with Crippen molar-refractivity contribution in [1.29, 1.82) is 0 Å². The van der Waals surface area contributed by atoms with Gasteiger partial charge in [-0.15, -0.1) is 0 Å². The minimum absolute atomic E-state index is 0.328. The van der Waals surface area contributed by atoms with Crippen LogP contribution < -0.4 is 5.32 Å². The lowest BCUT2D eigenvalue weighted by atomic mass is 9.89. The van der Waals surface area contributed by atoms with Crippen molar-refractivity contribution >= 4 is 5.97 Å². The second-order valence-corrected chi connectivity index (χ2v) is 6.21. The second-order valence-electron chi connectivity index (χ2n) is 6.21. The fourth-order valence-corrected chi connectivity index (χ4v) is 3.44. The van der Waals surface area contributed by atoms with E-state index < -0.39 is 11.5 Å². The number of carboxylic acid groups (broad SMARTS) is 1. The van der Waals surface area contributed by atoms with Gasteiger partial charge in [0.25, 0.3) is 0 Å². The van der Waals surface area contributed by atoms with Crippen LogP contribution in [-0.2, 0) is 4.79 Å². The number of hydrogen-bond donors (Lipinski definition) is 2. The first-order chi connectivity index (χ1) is 9.12. The molecule has 2 rings (SSSR count). The summed E-state index contributed by atoms with van der Waals surface area (Å²) < 4.78 is 0. The summed E-state index contributed by atoms with van der Waals surface area (Å²) in [7, 11) is 0. The van der Waals surface area contributed by atoms with Crippen LogP contribution in [0, 0.1) is 11.8 Å². The number of piperidine rings is 1. The lowest BCUT2D eigenvalue weighted by molar-refractivity contribution is -0.147. The molecule has 1 atom stereocenters. The van der Waals surface area contributed by atoms with E-state index >= 15 is 0 Å². The Morgan fingerprint density at radius 2 is 1.89 bits per heavy atom. The topological polar surface area (TPSA) is 52.6 Å². The molecule has 1 saturated heterocycles. The van der Waals surface area contributed by atoms with Crippen LogP contribution in [-0.4, -0.2) is 47.7 Å². The van der Waals surface area contributed by atoms with Crippen LogP contribution >= 0.6 is 0 Å². The maximum absolute atomic E-state index is 11.8. The Kier molecular flexibility index (Phi) is 4.85. The maximum Gasteiger partial charge on any atom is 0.325 e. The molecule has 1 aliphatic carbocycles. The summed E-state index contributed by atoms with van der Waals surface area (Å²) in [4.78, 5) is 14.2. The van der Waals surface area contributed by atoms with Gasteiger partial charge in [0.15, 0.2) is 0 Å². The Balaban J connectivity index is 1.98. The number of aliphatic carboxylic acids is 1. The fraction of sp³-hybridized carbons (Fsp3) is 0.933. The van der Waals surface area contributed by atoms with Gasteiger partial charge in [-0.3, -0.25) is 4.79 Å². The quantitative estimate of drug-likeness (QED) is 0.741. The average Bonchev–Trinajstić information content (AvgIpc) is 3.23. The third kappa shape index (κ3) is 3.29. The van der Waals surface area contributed by atoms with Crippen molar-refractivity contribution in [1.82, 2.24) is 10.2 Å². The molecule has 1 aliphatic heterocycles. The highest BCUT2D eigenvalue weighted by molar-refractivity contribution is 5.80. The molecular weight excluding hydrogens is 240 g/mol. The SMILES string of the molecule is CCNC(CN1CCC(CC)CC1)(C(=O)O)C1CC1. The minimum Gasteiger partial charge on any atom is -0.480 e. The van der Waals surface area contributed by atoms with Gasteiger partial charge in [0.1, 0.15) is 5.54 Å². The molecule has 19 heavy (non-hydrogen) atoms. The van der Waals surface area contributed by atoms with Gasteiger partial charge in [-0.2, -0.15) is 0 Å². The van der Waals surface area contributed by atoms with Crippen LogP contribution in [0.15, 0.2) is 0 Å². The summed E-state index contributed by atoms with van der Waals surface area (Å²) >= 11 is 0. The number of likely N-dealkylation sites (N-methyl/N-ethyl adjacent to an activating group) is 1. The van der Waals surface area contributed by atoms with E-state index in [1.54, 1.807) is 0 Å². The molecule has 1 heterocycles. The Bertz CT molecular complexity index is 309. The molecule has 2 N–H and O–H groups in total. The van der Waals surface area contributed by atoms with E-state index in [0.717, 1.165) is 38.4 Å². The van der Waals surface area contributed by atoms with Gasteiger partial charge in [0, 0.05) is 6.54 Å². The molecule has 0 aromatic rings. The average molecular weight is 268 g/mol. The van der Waals surface area contributed by atoms with Gasteiger partial charge in [-0.1, -0.05) is 20.3 Å². The van der Waals surface area contributed by atoms with Crippen LogP contribution in [0.1, 0.15) is 46.0 Å². The van der Waals surface area contributed by atoms with E-state index in [9.17, 15) is 9.90 Å². The molecule has 2 fully saturated rings. The molecule has 2 aliphatic rings. The van der Waals surface area contributed by atoms with Crippen molar-refractivity contribution in [3.8, 4) is 0 Å². The van der Waals surface area contributed by atoms with Gasteiger partial charge < -0.3 is 15.3 Å². The molecule has 0 spiro atoms. The van der Waals surface area contributed by atoms with Gasteiger partial charge >= 0.3 is 5.97 Å². The summed E-state index contributed by atoms with van der Waals surface area (Å²) in [5.41, 5.74) is -0.701. The number of rotatable bonds is 7. The van der Waals surface area contributed by atoms with Gasteiger partial charge in [0.05, 0.1) is 0 Å². The highest BCUT2D eigenvalue weighted by atomic mass is 16.4. The minimum atomic E-state index is -0.701. The van der Waals surface area contributed by atoms with Gasteiger partial charge in [-0.25, -0.2) is 0 Å². The summed E-state index contributed by atoms with van der Waals surface area (Å²) in [5, 5.41) is 13.0. The molecule has 4 heteroatoms. The lowest BCUT2D eigenvalue weighted by Gasteiger charge is -2.39. The molecule has 0 aromatic heterocycles. The normalized spacial score (nSPS) is 25.2. The molecule has 110 valence electrons. The van der Waals surface area contributed by atoms with E-state index in [0.29, 0.717) is 12.5 Å². The maximum atomic E-state index is 11.8. The van der Waals surface area contributed by atoms with Crippen LogP contribution in [0.3, 0.4) is 0 Å². The summed E-state index contributed by atoms with van der Waals surface area (Å²) in [6.45, 7) is 7.79. The van der Waals surface area contributed by atoms with E-state index in [1.807, 2.05) is 6.92 Å². The van der Waals surface area contributed by atoms with E-state index in [2.05, 4.69) is 17.1 Å². The van der Waals surface area contributed by atoms with Gasteiger partial charge in [0.2, 0.25) is 0 Å². The van der Waals surface area contributed by atoms with Crippen LogP contribution in [0.25, 0.3) is 0 Å². The van der Waals surface area contributed by atoms with Crippen molar-refractivity contribution in [3.05, 3.63) is 0 Å². The molecule has 1 unspecified atom stereocenters. The van der Waals surface area contributed by atoms with Crippen LogP contribution in [0.4, 0.5) is 0 Å². The van der Waals surface area contributed by atoms with E-state index in [-0.39, 0.29) is 0 Å². The van der Waals surface area contributed by atoms with Crippen LogP contribution in [0.5, 0.6) is 0 Å². The Labute approximate surface area is 116 Å². The van der Waals surface area contributed by atoms with Gasteiger partial charge in [-0.05, 0) is 57.2 Å². The third-order valence-electron chi connectivity index (χ3n) is 4.91. The Morgan fingerprint density at radius 1 is 1.26 bits per heavy atom. The summed E-state index contributed by atoms with van der Waals surface area (Å²) in [5.74, 6) is 0.513. The summed E-state index contributed by atoms with van der Waals surface area (Å²) in [6.07, 6.45) is 5.83. The predicted octanol–water partition coefficient (Wildman–Crippen LogP) is 1.95. The largest absolute Gasteiger partial charge is 0.480 e. The molecule has 1 saturated carbocycles. The predicted molar refractivity (Wildman–Crippen MR) is 76.2 cm³/mol. The standard InChI is InChI=1S/C15H28N2O2/c1-3-12-7-9-17(10-8-12)11-15(14(18)19,16-4-2)13-5-6-13/h12-13,16H,3-11H2,1-2H3,(H,18,19). The highest BCUT2D eigenvalue weighted by Crippen LogP contribution is 2.41. The number of carboxylic acids is 1. The first-order valence-corrected chi connectivity index (χ1v) is 7.83. The monoisotopic (exact) mass is 268 g/mol. The van der Waals surface area contributed by atoms with Crippen molar-refractivity contribution in [2.45, 2.75) is 51.5 Å². The number of likely N-dealkylation sites (tertiary alicyclic amines) is 1. The van der Waals surface area contributed by atoms with Crippen molar-refractivity contribution < 1.29 is 9.90 Å². The zero-order chi connectivity index (χ0) is 13.9. The highest BCUT2D eigenvalue weighted by Gasteiger charge is 2.51. The molecule has 0 bridgehead atoms. The molecular formula is C15H28N2O2. The molecule has 4 nitrogen and oxygen atoms in total. The molecule has 0 radical (unpaired) electrons. The van der Waals surface area contributed by atoms with Crippen LogP contribution in [0.2, 0.25) is 0 Å². The van der Waals surface area contributed by atoms with E-state index in [1.165, 1.54) is 19.3 Å². The van der Waals surface area contributed by atoms with Crippen molar-refractivity contribution in [2.75, 3.05) is 26.2 Å². The second kappa shape index (κ2) is 6.23. The molecule has 0 amide bonds. The third-order valence-corrected chi connectivity index (χ3v) is 4.91. The zero-order valence-electron chi connectivity index (χ0n) is 12.3. The smallest absolute Gasteiger partial charge is 0.325 e. The van der Waals surface area contributed by atoms with E-state index in [4.69, 9.17) is 0 Å². The number of nitrogens with zero attached hydrogens (tertiary/aromatic N) is 1. The molecule has 0 aromatic carbocycles. The lowest BCUT2D eigenvalue weighted by Crippen LogP contribution is -2.61.